The van der Waals surface area contributed by atoms with Crippen molar-refractivity contribution in [1.29, 1.82) is 0 Å². The smallest absolute Gasteiger partial charge is 0.259 e. The Kier molecular flexibility index (Phi) is 28.7. The maximum absolute atomic E-state index is 14.0. The van der Waals surface area contributed by atoms with E-state index in [2.05, 4.69) is 68.0 Å². The van der Waals surface area contributed by atoms with Gasteiger partial charge >= 0.3 is 0 Å². The number of aromatic nitrogens is 8. The lowest BCUT2D eigenvalue weighted by Crippen LogP contribution is -2.27. The van der Waals surface area contributed by atoms with Crippen LogP contribution in [0.2, 0.25) is 0 Å². The van der Waals surface area contributed by atoms with Crippen LogP contribution in [0.1, 0.15) is 161 Å². The quantitative estimate of drug-likeness (QED) is 0.0206. The fraction of sp³-hybridized carbons (Fsp3) is 0.182. The molecule has 618 valence electrons. The Hall–Kier alpha value is -14.7. The number of carbonyl (C=O) groups excluding carboxylic acids is 4. The van der Waals surface area contributed by atoms with E-state index in [1.807, 2.05) is 26.0 Å². The Balaban J connectivity index is 0.000000181. The first kappa shape index (κ1) is 88.3. The molecule has 12 aromatic rings. The molecule has 8 N–H and O–H groups in total. The SMILES string of the molecule is C=C(O)c1ccc([C@H](C)NC(=O)c2c(C)nn(C)c2Oc2cc(F)ccc2F)cc1.C=C(O)c1ccc([C@H](C)NC(=O)c2c(C)nn(C)c2Oc2ccc(F)c(F)c2)cc1.C=C(O)c1ccc([C@H](C)NC(=O)c2c(C)nn(C)c2Oc2cccc(F)c2)cc1.C=C(O)c1ccc([C@H](C)NC(=O)c2c(C)nn(C)c2Oc2cccc(F)c2F)cc1. The molecule has 0 aliphatic heterocycles. The first-order chi connectivity index (χ1) is 56.3. The molecule has 31 heteroatoms. The van der Waals surface area contributed by atoms with Crippen molar-refractivity contribution in [2.45, 2.75) is 79.6 Å². The summed E-state index contributed by atoms with van der Waals surface area (Å²) in [5, 5.41) is 66.0. The second-order valence-electron chi connectivity index (χ2n) is 27.2. The predicted octanol–water partition coefficient (Wildman–Crippen LogP) is 19.1. The van der Waals surface area contributed by atoms with E-state index in [1.54, 1.807) is 161 Å². The summed E-state index contributed by atoms with van der Waals surface area (Å²) in [5.41, 5.74) is 8.01. The number of nitrogens with one attached hydrogen (secondary N) is 4. The topological polar surface area (TPSA) is 306 Å². The molecule has 0 aliphatic rings. The number of halogens is 7. The first-order valence-electron chi connectivity index (χ1n) is 36.4. The number of hydrogen-bond donors (Lipinski definition) is 8. The van der Waals surface area contributed by atoms with E-state index in [-0.39, 0.29) is 122 Å². The highest BCUT2D eigenvalue weighted by atomic mass is 19.2. The van der Waals surface area contributed by atoms with Crippen molar-refractivity contribution in [2.24, 2.45) is 28.2 Å². The second-order valence-corrected chi connectivity index (χ2v) is 27.2. The maximum Gasteiger partial charge on any atom is 0.259 e. The molecule has 8 aromatic carbocycles. The highest BCUT2D eigenvalue weighted by Crippen LogP contribution is 2.36. The van der Waals surface area contributed by atoms with Crippen molar-refractivity contribution < 1.29 is 89.3 Å². The minimum absolute atomic E-state index is 0.00590. The van der Waals surface area contributed by atoms with Crippen molar-refractivity contribution >= 4 is 46.7 Å². The summed E-state index contributed by atoms with van der Waals surface area (Å²) in [6.45, 7) is 27.7. The van der Waals surface area contributed by atoms with E-state index in [4.69, 9.17) is 18.9 Å². The molecule has 4 atom stereocenters. The van der Waals surface area contributed by atoms with Gasteiger partial charge in [0.1, 0.15) is 68.4 Å². The number of hydrogen-bond acceptors (Lipinski definition) is 16. The molecule has 0 spiro atoms. The van der Waals surface area contributed by atoms with Crippen molar-refractivity contribution in [3.63, 3.8) is 0 Å². The van der Waals surface area contributed by atoms with Crippen LogP contribution in [0, 0.1) is 68.4 Å². The van der Waals surface area contributed by atoms with Gasteiger partial charge in [-0.3, -0.25) is 19.2 Å². The van der Waals surface area contributed by atoms with Gasteiger partial charge in [0.15, 0.2) is 34.8 Å². The van der Waals surface area contributed by atoms with Gasteiger partial charge in [-0.05, 0) is 126 Å². The van der Waals surface area contributed by atoms with Gasteiger partial charge in [-0.15, -0.1) is 0 Å². The van der Waals surface area contributed by atoms with Crippen LogP contribution in [0.25, 0.3) is 23.0 Å². The molecule has 4 heterocycles. The van der Waals surface area contributed by atoms with Crippen molar-refractivity contribution in [3.8, 4) is 46.5 Å². The molecule has 4 aromatic heterocycles. The van der Waals surface area contributed by atoms with Gasteiger partial charge in [-0.1, -0.05) is 136 Å². The summed E-state index contributed by atoms with van der Waals surface area (Å²) in [4.78, 5) is 51.7. The molecule has 0 unspecified atom stereocenters. The van der Waals surface area contributed by atoms with Gasteiger partial charge in [0.2, 0.25) is 29.3 Å². The number of amides is 4. The Morgan fingerprint density at radius 3 is 0.950 bits per heavy atom. The number of rotatable bonds is 24. The molecule has 12 rings (SSSR count). The van der Waals surface area contributed by atoms with Gasteiger partial charge in [0, 0.05) is 68.6 Å². The van der Waals surface area contributed by atoms with Gasteiger partial charge in [-0.25, -0.2) is 45.1 Å². The number of aryl methyl sites for hydroxylation is 8. The van der Waals surface area contributed by atoms with Crippen LogP contribution in [0.15, 0.2) is 202 Å². The van der Waals surface area contributed by atoms with Crippen molar-refractivity contribution in [2.75, 3.05) is 0 Å². The fourth-order valence-corrected chi connectivity index (χ4v) is 11.9. The molecule has 0 bridgehead atoms. The highest BCUT2D eigenvalue weighted by molar-refractivity contribution is 6.00. The van der Waals surface area contributed by atoms with Gasteiger partial charge in [0.05, 0.1) is 46.9 Å². The fourth-order valence-electron chi connectivity index (χ4n) is 11.9. The summed E-state index contributed by atoms with van der Waals surface area (Å²) in [5.74, 6) is -8.07. The average Bonchev–Trinajstić information content (AvgIpc) is 1.68. The molecular weight excluding hydrogens is 1550 g/mol. The van der Waals surface area contributed by atoms with E-state index in [0.717, 1.165) is 58.7 Å². The van der Waals surface area contributed by atoms with Crippen molar-refractivity contribution in [1.82, 2.24) is 60.4 Å². The number of benzene rings is 8. The molecule has 24 nitrogen and oxygen atoms in total. The van der Waals surface area contributed by atoms with E-state index < -0.39 is 58.4 Å². The third-order valence-electron chi connectivity index (χ3n) is 18.3. The molecular formula is C88H85F7N12O12. The summed E-state index contributed by atoms with van der Waals surface area (Å²) in [6.07, 6.45) is 0. The monoisotopic (exact) mass is 1630 g/mol. The summed E-state index contributed by atoms with van der Waals surface area (Å²) >= 11 is 0. The van der Waals surface area contributed by atoms with Gasteiger partial charge in [-0.2, -0.15) is 24.8 Å². The van der Waals surface area contributed by atoms with Crippen LogP contribution in [0.4, 0.5) is 30.7 Å². The number of ether oxygens (including phenoxy) is 4. The number of aliphatic hydroxyl groups excluding tert-OH is 4. The zero-order valence-electron chi connectivity index (χ0n) is 66.7. The van der Waals surface area contributed by atoms with E-state index in [0.29, 0.717) is 45.0 Å². The zero-order valence-corrected chi connectivity index (χ0v) is 66.7. The molecule has 4 amide bonds. The Morgan fingerprint density at radius 1 is 0.336 bits per heavy atom. The lowest BCUT2D eigenvalue weighted by Gasteiger charge is -2.16. The maximum atomic E-state index is 14.0. The summed E-state index contributed by atoms with van der Waals surface area (Å²) in [6, 6.07) is 41.6. The molecule has 0 fully saturated rings. The lowest BCUT2D eigenvalue weighted by atomic mass is 10.0. The normalized spacial score (nSPS) is 11.8. The summed E-state index contributed by atoms with van der Waals surface area (Å²) in [7, 11) is 6.33. The van der Waals surface area contributed by atoms with Gasteiger partial charge in [0.25, 0.3) is 23.6 Å². The molecule has 0 radical (unpaired) electrons. The van der Waals surface area contributed by atoms with Crippen LogP contribution in [-0.2, 0) is 28.2 Å². The third kappa shape index (κ3) is 22.1. The molecule has 0 aliphatic carbocycles. The minimum atomic E-state index is -1.15. The second kappa shape index (κ2) is 38.7. The van der Waals surface area contributed by atoms with Crippen LogP contribution < -0.4 is 40.2 Å². The minimum Gasteiger partial charge on any atom is -0.508 e. The molecule has 0 saturated heterocycles. The predicted molar refractivity (Wildman–Crippen MR) is 433 cm³/mol. The van der Waals surface area contributed by atoms with Crippen LogP contribution in [0.3, 0.4) is 0 Å². The van der Waals surface area contributed by atoms with Crippen molar-refractivity contribution in [3.05, 3.63) is 332 Å². The van der Waals surface area contributed by atoms with E-state index >= 15 is 0 Å². The Labute approximate surface area is 680 Å². The van der Waals surface area contributed by atoms with E-state index in [9.17, 15) is 70.3 Å². The van der Waals surface area contributed by atoms with Crippen LogP contribution >= 0.6 is 0 Å². The first-order valence-corrected chi connectivity index (χ1v) is 36.4. The zero-order chi connectivity index (χ0) is 87.1. The largest absolute Gasteiger partial charge is 0.508 e. The standard InChI is InChI=1S/3C22H21F2N3O3.C22H22FN3O3/c1-12(15-5-7-16(8-6-15)14(3)28)25-21(29)20-13(2)26-27(4)22(20)30-17-9-10-18(23)19(24)11-17;1-12(15-5-7-16(8-6-15)14(3)28)25-21(29)20-13(2)26-27(4)22(20)30-19-11-17(23)9-10-18(19)24;1-12(15-8-10-16(11-9-15)14(3)28)25-21(29)19-13(2)26-27(4)22(19)30-18-7-5-6-17(23)20(18)24;1-13(16-8-10-17(11-9-16)15(3)27)24-21(28)20-14(2)25-26(4)22(20)29-19-7-5-6-18(23)12-19/h3*5-12,28H,3H2,1-2,4H3,(H,25,29);5-13,27H,3H2,1-2,4H3,(H,24,28)/t3*12-;13-/m0000/s1. The molecule has 0 saturated carbocycles. The number of nitrogens with zero attached hydrogens (tertiary/aromatic N) is 8. The Bertz CT molecular complexity index is 5660. The average molecular weight is 1640 g/mol. The van der Waals surface area contributed by atoms with Gasteiger partial charge < -0.3 is 60.6 Å². The lowest BCUT2D eigenvalue weighted by molar-refractivity contribution is 0.0927. The number of aliphatic hydroxyl groups is 4. The third-order valence-corrected chi connectivity index (χ3v) is 18.3. The van der Waals surface area contributed by atoms with Crippen LogP contribution in [-0.4, -0.2) is 83.2 Å². The van der Waals surface area contributed by atoms with Crippen LogP contribution in [0.5, 0.6) is 46.5 Å². The molecule has 119 heavy (non-hydrogen) atoms. The highest BCUT2D eigenvalue weighted by Gasteiger charge is 2.30. The number of carbonyl (C=O) groups is 4. The van der Waals surface area contributed by atoms with E-state index in [1.165, 1.54) is 55.1 Å². The Morgan fingerprint density at radius 2 is 0.630 bits per heavy atom. The summed E-state index contributed by atoms with van der Waals surface area (Å²) < 4.78 is 123.